The zero-order chi connectivity index (χ0) is 12.4. The van der Waals surface area contributed by atoms with E-state index in [-0.39, 0.29) is 0 Å². The van der Waals surface area contributed by atoms with E-state index in [9.17, 15) is 0 Å². The summed E-state index contributed by atoms with van der Waals surface area (Å²) in [6, 6.07) is 11.9. The van der Waals surface area contributed by atoms with E-state index < -0.39 is 0 Å². The number of nitrogens with one attached hydrogen (secondary N) is 1. The quantitative estimate of drug-likeness (QED) is 0.818. The minimum absolute atomic E-state index is 0.406. The Hall–Kier alpha value is -0.900. The van der Waals surface area contributed by atoms with Gasteiger partial charge in [0.15, 0.2) is 0 Å². The number of hydrogen-bond donors (Lipinski definition) is 2. The minimum atomic E-state index is 0.406. The van der Waals surface area contributed by atoms with E-state index in [4.69, 9.17) is 5.73 Å². The summed E-state index contributed by atoms with van der Waals surface area (Å²) >= 11 is 0. The van der Waals surface area contributed by atoms with Gasteiger partial charge in [0, 0.05) is 37.6 Å². The van der Waals surface area contributed by atoms with Crippen LogP contribution in [0, 0.1) is 0 Å². The topological polar surface area (TPSA) is 41.3 Å². The molecule has 3 heteroatoms. The maximum Gasteiger partial charge on any atom is 0.0180 e. The van der Waals surface area contributed by atoms with Gasteiger partial charge in [-0.1, -0.05) is 30.3 Å². The second-order valence-corrected chi connectivity index (χ2v) is 5.66. The van der Waals surface area contributed by atoms with Gasteiger partial charge < -0.3 is 16.0 Å². The fourth-order valence-corrected chi connectivity index (χ4v) is 2.96. The first-order chi connectivity index (χ1) is 8.83. The SMILES string of the molecule is N[C@@H]1CCN(CCN[C@H]2CC2c2ccccc2)C1. The second-order valence-electron chi connectivity index (χ2n) is 5.66. The molecule has 1 saturated carbocycles. The van der Waals surface area contributed by atoms with Crippen LogP contribution in [0.4, 0.5) is 0 Å². The molecule has 1 heterocycles. The molecule has 1 aliphatic heterocycles. The summed E-state index contributed by atoms with van der Waals surface area (Å²) in [5.74, 6) is 0.743. The van der Waals surface area contributed by atoms with Crippen molar-refractivity contribution < 1.29 is 0 Å². The standard InChI is InChI=1S/C15H23N3/c16-13-6-8-18(11-13)9-7-17-15-10-14(15)12-4-2-1-3-5-12/h1-5,13-15,17H,6-11,16H2/t13-,14?,15+/m1/s1. The summed E-state index contributed by atoms with van der Waals surface area (Å²) in [4.78, 5) is 2.47. The van der Waals surface area contributed by atoms with Crippen molar-refractivity contribution in [1.82, 2.24) is 10.2 Å². The average molecular weight is 245 g/mol. The van der Waals surface area contributed by atoms with Gasteiger partial charge in [-0.2, -0.15) is 0 Å². The zero-order valence-corrected chi connectivity index (χ0v) is 10.9. The van der Waals surface area contributed by atoms with Crippen LogP contribution >= 0.6 is 0 Å². The zero-order valence-electron chi connectivity index (χ0n) is 10.9. The lowest BCUT2D eigenvalue weighted by atomic mass is 10.1. The van der Waals surface area contributed by atoms with E-state index in [2.05, 4.69) is 40.5 Å². The van der Waals surface area contributed by atoms with Crippen LogP contribution in [-0.4, -0.2) is 43.2 Å². The van der Waals surface area contributed by atoms with Crippen molar-refractivity contribution >= 4 is 0 Å². The van der Waals surface area contributed by atoms with Crippen LogP contribution in [0.5, 0.6) is 0 Å². The molecule has 0 bridgehead atoms. The lowest BCUT2D eigenvalue weighted by Gasteiger charge is -2.15. The molecule has 0 radical (unpaired) electrons. The lowest BCUT2D eigenvalue weighted by molar-refractivity contribution is 0.331. The highest BCUT2D eigenvalue weighted by molar-refractivity contribution is 5.27. The van der Waals surface area contributed by atoms with Crippen molar-refractivity contribution in [3.05, 3.63) is 35.9 Å². The number of likely N-dealkylation sites (tertiary alicyclic amines) is 1. The molecule has 3 rings (SSSR count). The molecule has 0 spiro atoms. The predicted octanol–water partition coefficient (Wildman–Crippen LogP) is 1.17. The van der Waals surface area contributed by atoms with E-state index in [1.165, 1.54) is 18.5 Å². The van der Waals surface area contributed by atoms with Gasteiger partial charge in [0.05, 0.1) is 0 Å². The van der Waals surface area contributed by atoms with Crippen molar-refractivity contribution in [3.8, 4) is 0 Å². The lowest BCUT2D eigenvalue weighted by Crippen LogP contribution is -2.33. The van der Waals surface area contributed by atoms with Crippen molar-refractivity contribution in [1.29, 1.82) is 0 Å². The summed E-state index contributed by atoms with van der Waals surface area (Å²) in [7, 11) is 0. The normalized spacial score (nSPS) is 31.7. The van der Waals surface area contributed by atoms with Gasteiger partial charge in [-0.05, 0) is 24.9 Å². The third kappa shape index (κ3) is 2.91. The molecule has 1 saturated heterocycles. The largest absolute Gasteiger partial charge is 0.326 e. The fourth-order valence-electron chi connectivity index (χ4n) is 2.96. The van der Waals surface area contributed by atoms with Gasteiger partial charge in [-0.15, -0.1) is 0 Å². The van der Waals surface area contributed by atoms with Crippen LogP contribution in [0.3, 0.4) is 0 Å². The summed E-state index contributed by atoms with van der Waals surface area (Å²) < 4.78 is 0. The molecular formula is C15H23N3. The van der Waals surface area contributed by atoms with Crippen molar-refractivity contribution in [2.24, 2.45) is 5.73 Å². The maximum atomic E-state index is 5.90. The number of nitrogens with zero attached hydrogens (tertiary/aromatic N) is 1. The van der Waals surface area contributed by atoms with Gasteiger partial charge in [0.25, 0.3) is 0 Å². The van der Waals surface area contributed by atoms with Gasteiger partial charge in [0.2, 0.25) is 0 Å². The van der Waals surface area contributed by atoms with Crippen molar-refractivity contribution in [3.63, 3.8) is 0 Å². The number of rotatable bonds is 5. The van der Waals surface area contributed by atoms with Crippen molar-refractivity contribution in [2.75, 3.05) is 26.2 Å². The van der Waals surface area contributed by atoms with Crippen LogP contribution in [0.2, 0.25) is 0 Å². The Bertz CT molecular complexity index is 379. The molecule has 98 valence electrons. The third-order valence-corrected chi connectivity index (χ3v) is 4.16. The molecule has 2 fully saturated rings. The highest BCUT2D eigenvalue weighted by Crippen LogP contribution is 2.40. The van der Waals surface area contributed by atoms with Gasteiger partial charge >= 0.3 is 0 Å². The summed E-state index contributed by atoms with van der Waals surface area (Å²) in [6.07, 6.45) is 2.46. The number of hydrogen-bond acceptors (Lipinski definition) is 3. The van der Waals surface area contributed by atoms with Gasteiger partial charge in [-0.25, -0.2) is 0 Å². The smallest absolute Gasteiger partial charge is 0.0180 e. The second kappa shape index (κ2) is 5.39. The van der Waals surface area contributed by atoms with Crippen LogP contribution in [0.1, 0.15) is 24.3 Å². The Morgan fingerprint density at radius 1 is 1.28 bits per heavy atom. The molecule has 0 aromatic heterocycles. The Morgan fingerprint density at radius 2 is 2.11 bits per heavy atom. The first-order valence-corrected chi connectivity index (χ1v) is 7.09. The fraction of sp³-hybridized carbons (Fsp3) is 0.600. The summed E-state index contributed by atoms with van der Waals surface area (Å²) in [5, 5.41) is 3.66. The number of benzene rings is 1. The Balaban J connectivity index is 1.36. The molecular weight excluding hydrogens is 222 g/mol. The molecule has 3 N–H and O–H groups in total. The number of nitrogens with two attached hydrogens (primary N) is 1. The Morgan fingerprint density at radius 3 is 2.83 bits per heavy atom. The third-order valence-electron chi connectivity index (χ3n) is 4.16. The minimum Gasteiger partial charge on any atom is -0.326 e. The van der Waals surface area contributed by atoms with Crippen LogP contribution in [0.15, 0.2) is 30.3 Å². The Kier molecular flexibility index (Phi) is 3.64. The highest BCUT2D eigenvalue weighted by Gasteiger charge is 2.37. The molecule has 1 aliphatic carbocycles. The molecule has 18 heavy (non-hydrogen) atoms. The Labute approximate surface area is 109 Å². The van der Waals surface area contributed by atoms with Crippen LogP contribution < -0.4 is 11.1 Å². The molecule has 3 nitrogen and oxygen atoms in total. The highest BCUT2D eigenvalue weighted by atomic mass is 15.2. The van der Waals surface area contributed by atoms with Crippen LogP contribution in [-0.2, 0) is 0 Å². The van der Waals surface area contributed by atoms with E-state index in [1.807, 2.05) is 0 Å². The molecule has 1 unspecified atom stereocenters. The summed E-state index contributed by atoms with van der Waals surface area (Å²) in [5.41, 5.74) is 7.39. The molecule has 0 amide bonds. The van der Waals surface area contributed by atoms with Crippen LogP contribution in [0.25, 0.3) is 0 Å². The average Bonchev–Trinajstić information content (AvgIpc) is 3.05. The molecule has 2 aliphatic rings. The molecule has 3 atom stereocenters. The van der Waals surface area contributed by atoms with E-state index in [0.29, 0.717) is 12.1 Å². The van der Waals surface area contributed by atoms with Crippen molar-refractivity contribution in [2.45, 2.75) is 30.8 Å². The van der Waals surface area contributed by atoms with E-state index in [0.717, 1.165) is 32.0 Å². The predicted molar refractivity (Wildman–Crippen MR) is 74.6 cm³/mol. The molecule has 1 aromatic carbocycles. The first-order valence-electron chi connectivity index (χ1n) is 7.09. The molecule has 1 aromatic rings. The van der Waals surface area contributed by atoms with E-state index in [1.54, 1.807) is 0 Å². The first kappa shape index (κ1) is 12.2. The monoisotopic (exact) mass is 245 g/mol. The van der Waals surface area contributed by atoms with Gasteiger partial charge in [-0.3, -0.25) is 0 Å². The van der Waals surface area contributed by atoms with E-state index >= 15 is 0 Å². The maximum absolute atomic E-state index is 5.90. The summed E-state index contributed by atoms with van der Waals surface area (Å²) in [6.45, 7) is 4.50. The van der Waals surface area contributed by atoms with Gasteiger partial charge in [0.1, 0.15) is 0 Å².